The molecule has 2 heterocycles. The molecule has 0 aliphatic rings. The van der Waals surface area contributed by atoms with Crippen molar-refractivity contribution in [1.82, 2.24) is 14.1 Å². The number of rotatable bonds is 8. The van der Waals surface area contributed by atoms with Gasteiger partial charge < -0.3 is 9.30 Å². The summed E-state index contributed by atoms with van der Waals surface area (Å²) in [4.78, 5) is 31.3. The molecule has 0 saturated heterocycles. The van der Waals surface area contributed by atoms with E-state index in [0.717, 1.165) is 17.1 Å². The Bertz CT molecular complexity index is 1470. The highest BCUT2D eigenvalue weighted by molar-refractivity contribution is 7.99. The molecule has 35 heavy (non-hydrogen) atoms. The Labute approximate surface area is 210 Å². The van der Waals surface area contributed by atoms with Gasteiger partial charge in [0, 0.05) is 29.7 Å². The van der Waals surface area contributed by atoms with Gasteiger partial charge in [-0.05, 0) is 76.1 Å². The Morgan fingerprint density at radius 2 is 1.80 bits per heavy atom. The number of thioether (sulfide) groups is 1. The molecule has 0 amide bonds. The van der Waals surface area contributed by atoms with E-state index in [2.05, 4.69) is 36.6 Å². The Kier molecular flexibility index (Phi) is 7.28. The molecule has 0 radical (unpaired) electrons. The summed E-state index contributed by atoms with van der Waals surface area (Å²) < 4.78 is 9.06. The molecule has 7 heteroatoms. The van der Waals surface area contributed by atoms with E-state index in [1.54, 1.807) is 17.7 Å². The zero-order valence-corrected chi connectivity index (χ0v) is 21.9. The minimum Gasteiger partial charge on any atom is -0.383 e. The molecule has 0 N–H and O–H groups in total. The van der Waals surface area contributed by atoms with Crippen molar-refractivity contribution < 1.29 is 9.53 Å². The number of benzene rings is 2. The van der Waals surface area contributed by atoms with Crippen molar-refractivity contribution >= 4 is 28.4 Å². The molecular formula is C28H31N3O3S. The lowest BCUT2D eigenvalue weighted by atomic mass is 10.1. The van der Waals surface area contributed by atoms with E-state index >= 15 is 0 Å². The molecule has 1 unspecified atom stereocenters. The summed E-state index contributed by atoms with van der Waals surface area (Å²) in [5.74, 6) is 0.188. The Hall–Kier alpha value is -3.16. The molecule has 0 bridgehead atoms. The lowest BCUT2D eigenvalue weighted by molar-refractivity contribution is 0.102. The number of carbonyl (C=O) groups excluding carboxylic acids is 1. The normalized spacial score (nSPS) is 12.3. The fourth-order valence-electron chi connectivity index (χ4n) is 4.45. The Morgan fingerprint density at radius 1 is 1.06 bits per heavy atom. The van der Waals surface area contributed by atoms with Crippen molar-refractivity contribution in [2.45, 2.75) is 45.8 Å². The van der Waals surface area contributed by atoms with Gasteiger partial charge in [-0.3, -0.25) is 14.2 Å². The Morgan fingerprint density at radius 3 is 2.51 bits per heavy atom. The third-order valence-electron chi connectivity index (χ3n) is 6.44. The maximum absolute atomic E-state index is 13.3. The summed E-state index contributed by atoms with van der Waals surface area (Å²) in [5.41, 5.74) is 6.61. The predicted molar refractivity (Wildman–Crippen MR) is 142 cm³/mol. The van der Waals surface area contributed by atoms with Gasteiger partial charge in [0.15, 0.2) is 10.9 Å². The second-order valence-corrected chi connectivity index (χ2v) is 9.93. The number of methoxy groups -OCH3 is 1. The van der Waals surface area contributed by atoms with Gasteiger partial charge in [0.1, 0.15) is 0 Å². The van der Waals surface area contributed by atoms with Crippen molar-refractivity contribution in [3.05, 3.63) is 87.0 Å². The smallest absolute Gasteiger partial charge is 0.262 e. The van der Waals surface area contributed by atoms with Crippen molar-refractivity contribution in [3.8, 4) is 5.69 Å². The number of para-hydroxylation sites is 1. The zero-order chi connectivity index (χ0) is 25.3. The summed E-state index contributed by atoms with van der Waals surface area (Å²) in [6.45, 7) is 10.5. The summed E-state index contributed by atoms with van der Waals surface area (Å²) in [6, 6.07) is 15.4. The second kappa shape index (κ2) is 10.2. The van der Waals surface area contributed by atoms with Crippen molar-refractivity contribution in [2.75, 3.05) is 19.5 Å². The number of aromatic nitrogens is 3. The minimum atomic E-state index is -0.211. The largest absolute Gasteiger partial charge is 0.383 e. The standard InChI is InChI=1S/C28H31N3O3S/c1-17-11-12-22(13-18(17)2)30-19(3)14-24(21(30)5)26(32)16-35-28-29-25-10-8-7-9-23(25)27(33)31(28)20(4)15-34-6/h7-14,20H,15-16H2,1-6H3. The summed E-state index contributed by atoms with van der Waals surface area (Å²) in [5, 5.41) is 1.08. The first-order valence-electron chi connectivity index (χ1n) is 11.7. The van der Waals surface area contributed by atoms with E-state index in [9.17, 15) is 9.59 Å². The van der Waals surface area contributed by atoms with Crippen molar-refractivity contribution in [2.24, 2.45) is 0 Å². The van der Waals surface area contributed by atoms with Gasteiger partial charge in [-0.1, -0.05) is 30.0 Å². The highest BCUT2D eigenvalue weighted by Crippen LogP contribution is 2.26. The van der Waals surface area contributed by atoms with Gasteiger partial charge in [-0.15, -0.1) is 0 Å². The van der Waals surface area contributed by atoms with Gasteiger partial charge in [0.05, 0.1) is 29.3 Å². The van der Waals surface area contributed by atoms with Crippen LogP contribution in [0.3, 0.4) is 0 Å². The number of hydrogen-bond donors (Lipinski definition) is 0. The highest BCUT2D eigenvalue weighted by atomic mass is 32.2. The molecule has 0 spiro atoms. The fraction of sp³-hybridized carbons (Fsp3) is 0.321. The van der Waals surface area contributed by atoms with E-state index in [1.807, 2.05) is 45.0 Å². The van der Waals surface area contributed by atoms with Crippen LogP contribution in [0.15, 0.2) is 58.5 Å². The van der Waals surface area contributed by atoms with Crippen LogP contribution in [0.25, 0.3) is 16.6 Å². The summed E-state index contributed by atoms with van der Waals surface area (Å²) in [7, 11) is 1.61. The molecule has 4 rings (SSSR count). The monoisotopic (exact) mass is 489 g/mol. The number of carbonyl (C=O) groups is 1. The molecule has 182 valence electrons. The molecule has 6 nitrogen and oxygen atoms in total. The average molecular weight is 490 g/mol. The zero-order valence-electron chi connectivity index (χ0n) is 21.1. The van der Waals surface area contributed by atoms with E-state index < -0.39 is 0 Å². The molecule has 2 aromatic heterocycles. The fourth-order valence-corrected chi connectivity index (χ4v) is 5.43. The highest BCUT2D eigenvalue weighted by Gasteiger charge is 2.21. The SMILES string of the molecule is COCC(C)n1c(SCC(=O)c2cc(C)n(-c3ccc(C)c(C)c3)c2C)nc2ccccc2c1=O. The number of aryl methyl sites for hydroxylation is 3. The van der Waals surface area contributed by atoms with Crippen LogP contribution in [-0.4, -0.2) is 39.4 Å². The van der Waals surface area contributed by atoms with E-state index in [-0.39, 0.29) is 23.1 Å². The lowest BCUT2D eigenvalue weighted by Gasteiger charge is -2.18. The number of nitrogens with zero attached hydrogens (tertiary/aromatic N) is 3. The van der Waals surface area contributed by atoms with E-state index in [1.165, 1.54) is 22.9 Å². The number of hydrogen-bond acceptors (Lipinski definition) is 5. The molecule has 2 aromatic carbocycles. The van der Waals surface area contributed by atoms with Crippen molar-refractivity contribution in [3.63, 3.8) is 0 Å². The summed E-state index contributed by atoms with van der Waals surface area (Å²) in [6.07, 6.45) is 0. The molecule has 0 aliphatic heterocycles. The molecule has 0 saturated carbocycles. The van der Waals surface area contributed by atoms with Gasteiger partial charge in [-0.2, -0.15) is 0 Å². The summed E-state index contributed by atoms with van der Waals surface area (Å²) >= 11 is 1.29. The second-order valence-electron chi connectivity index (χ2n) is 8.99. The van der Waals surface area contributed by atoms with Crippen LogP contribution >= 0.6 is 11.8 Å². The van der Waals surface area contributed by atoms with Gasteiger partial charge in [-0.25, -0.2) is 4.98 Å². The lowest BCUT2D eigenvalue weighted by Crippen LogP contribution is -2.28. The number of fused-ring (bicyclic) bond motifs is 1. The van der Waals surface area contributed by atoms with Crippen LogP contribution in [0.1, 0.15) is 45.8 Å². The van der Waals surface area contributed by atoms with E-state index in [0.29, 0.717) is 28.2 Å². The maximum atomic E-state index is 13.3. The molecule has 0 fully saturated rings. The quantitative estimate of drug-likeness (QED) is 0.183. The first kappa shape index (κ1) is 24.9. The van der Waals surface area contributed by atoms with Gasteiger partial charge in [0.2, 0.25) is 0 Å². The van der Waals surface area contributed by atoms with Crippen LogP contribution in [0.4, 0.5) is 0 Å². The third kappa shape index (κ3) is 4.83. The minimum absolute atomic E-state index is 0.00605. The molecular weight excluding hydrogens is 458 g/mol. The van der Waals surface area contributed by atoms with Crippen LogP contribution in [0, 0.1) is 27.7 Å². The maximum Gasteiger partial charge on any atom is 0.262 e. The van der Waals surface area contributed by atoms with Crippen LogP contribution in [-0.2, 0) is 4.74 Å². The van der Waals surface area contributed by atoms with Crippen molar-refractivity contribution in [1.29, 1.82) is 0 Å². The van der Waals surface area contributed by atoms with Crippen LogP contribution in [0.5, 0.6) is 0 Å². The van der Waals surface area contributed by atoms with Gasteiger partial charge in [0.25, 0.3) is 5.56 Å². The average Bonchev–Trinajstić information content (AvgIpc) is 3.13. The molecule has 4 aromatic rings. The first-order chi connectivity index (χ1) is 16.7. The third-order valence-corrected chi connectivity index (χ3v) is 7.39. The van der Waals surface area contributed by atoms with Crippen LogP contribution < -0.4 is 5.56 Å². The number of ether oxygens (including phenoxy) is 1. The first-order valence-corrected chi connectivity index (χ1v) is 12.6. The topological polar surface area (TPSA) is 66.1 Å². The van der Waals surface area contributed by atoms with Crippen LogP contribution in [0.2, 0.25) is 0 Å². The van der Waals surface area contributed by atoms with Gasteiger partial charge >= 0.3 is 0 Å². The molecule has 1 atom stereocenters. The van der Waals surface area contributed by atoms with E-state index in [4.69, 9.17) is 9.72 Å². The number of Topliss-reactive ketones (excluding diaryl/α,β-unsaturated/α-hetero) is 1. The Balaban J connectivity index is 1.66. The predicted octanol–water partition coefficient (Wildman–Crippen LogP) is 5.60. The molecule has 0 aliphatic carbocycles. The number of ketones is 1.